The van der Waals surface area contributed by atoms with Crippen molar-refractivity contribution in [1.29, 1.82) is 0 Å². The van der Waals surface area contributed by atoms with E-state index in [1.807, 2.05) is 45.0 Å². The maximum absolute atomic E-state index is 12.0. The smallest absolute Gasteiger partial charge is 0.331 e. The van der Waals surface area contributed by atoms with Crippen molar-refractivity contribution in [3.05, 3.63) is 82.2 Å². The van der Waals surface area contributed by atoms with Crippen LogP contribution in [0.1, 0.15) is 33.7 Å². The third-order valence-corrected chi connectivity index (χ3v) is 5.48. The molecule has 0 aliphatic rings. The maximum atomic E-state index is 12.0. The molecule has 0 radical (unpaired) electrons. The zero-order valence-corrected chi connectivity index (χ0v) is 20.4. The van der Waals surface area contributed by atoms with Gasteiger partial charge in [0.25, 0.3) is 5.91 Å². The lowest BCUT2D eigenvalue weighted by Crippen LogP contribution is -2.30. The van der Waals surface area contributed by atoms with Crippen LogP contribution in [0.25, 0.3) is 6.08 Å². The first-order valence-corrected chi connectivity index (χ1v) is 11.3. The SMILES string of the molecule is COc1cc(/C=C/C(=O)OCC(=O)NCCc2ccccc2C)ccc1OCc1c(C)noc1C. The molecule has 0 spiro atoms. The second-order valence-electron chi connectivity index (χ2n) is 7.97. The summed E-state index contributed by atoms with van der Waals surface area (Å²) in [6, 6.07) is 13.3. The molecule has 35 heavy (non-hydrogen) atoms. The number of carbonyl (C=O) groups excluding carboxylic acids is 2. The summed E-state index contributed by atoms with van der Waals surface area (Å²) >= 11 is 0. The number of nitrogens with zero attached hydrogens (tertiary/aromatic N) is 1. The fourth-order valence-corrected chi connectivity index (χ4v) is 3.39. The zero-order chi connectivity index (χ0) is 25.2. The first kappa shape index (κ1) is 25.6. The lowest BCUT2D eigenvalue weighted by Gasteiger charge is -2.11. The number of aryl methyl sites for hydroxylation is 3. The minimum atomic E-state index is -0.614. The van der Waals surface area contributed by atoms with E-state index in [1.54, 1.807) is 24.3 Å². The summed E-state index contributed by atoms with van der Waals surface area (Å²) in [5, 5.41) is 6.68. The van der Waals surface area contributed by atoms with E-state index in [9.17, 15) is 9.59 Å². The standard InChI is InChI=1S/C27H30N2O6/c1-18-7-5-6-8-22(18)13-14-28-26(30)17-34-27(31)12-10-21-9-11-24(25(15-21)32-4)33-16-23-19(2)29-35-20(23)3/h5-12,15H,13-14,16-17H2,1-4H3,(H,28,30)/b12-10+. The van der Waals surface area contributed by atoms with Crippen LogP contribution < -0.4 is 14.8 Å². The number of hydrogen-bond acceptors (Lipinski definition) is 7. The van der Waals surface area contributed by atoms with E-state index < -0.39 is 5.97 Å². The molecular weight excluding hydrogens is 448 g/mol. The van der Waals surface area contributed by atoms with Gasteiger partial charge in [-0.3, -0.25) is 4.79 Å². The van der Waals surface area contributed by atoms with Gasteiger partial charge in [-0.25, -0.2) is 4.79 Å². The molecule has 3 aromatic rings. The van der Waals surface area contributed by atoms with E-state index in [-0.39, 0.29) is 12.5 Å². The zero-order valence-electron chi connectivity index (χ0n) is 20.4. The minimum Gasteiger partial charge on any atom is -0.493 e. The van der Waals surface area contributed by atoms with E-state index >= 15 is 0 Å². The Bertz CT molecular complexity index is 1180. The number of nitrogens with one attached hydrogen (secondary N) is 1. The highest BCUT2D eigenvalue weighted by molar-refractivity contribution is 5.89. The van der Waals surface area contributed by atoms with E-state index in [1.165, 1.54) is 24.3 Å². The van der Waals surface area contributed by atoms with Gasteiger partial charge in [-0.15, -0.1) is 0 Å². The van der Waals surface area contributed by atoms with Crippen LogP contribution in [-0.2, 0) is 27.4 Å². The second-order valence-corrected chi connectivity index (χ2v) is 7.97. The van der Waals surface area contributed by atoms with Crippen LogP contribution in [-0.4, -0.2) is 37.3 Å². The summed E-state index contributed by atoms with van der Waals surface area (Å²) in [6.07, 6.45) is 3.56. The molecule has 0 aliphatic carbocycles. The molecule has 0 fully saturated rings. The van der Waals surface area contributed by atoms with Crippen LogP contribution in [0.3, 0.4) is 0 Å². The number of methoxy groups -OCH3 is 1. The second kappa shape index (κ2) is 12.4. The summed E-state index contributed by atoms with van der Waals surface area (Å²) in [7, 11) is 1.54. The van der Waals surface area contributed by atoms with Crippen molar-refractivity contribution >= 4 is 18.0 Å². The number of amides is 1. The number of aromatic nitrogens is 1. The minimum absolute atomic E-state index is 0.298. The Morgan fingerprint density at radius 3 is 2.60 bits per heavy atom. The predicted octanol–water partition coefficient (Wildman–Crippen LogP) is 4.10. The topological polar surface area (TPSA) is 99.9 Å². The summed E-state index contributed by atoms with van der Waals surface area (Å²) in [5.41, 5.74) is 4.72. The summed E-state index contributed by atoms with van der Waals surface area (Å²) in [5.74, 6) is 0.813. The molecule has 0 aliphatic heterocycles. The fraction of sp³-hybridized carbons (Fsp3) is 0.296. The first-order valence-electron chi connectivity index (χ1n) is 11.3. The van der Waals surface area contributed by atoms with Crippen LogP contribution in [0.4, 0.5) is 0 Å². The quantitative estimate of drug-likeness (QED) is 0.327. The molecule has 0 saturated carbocycles. The molecule has 0 unspecified atom stereocenters. The third-order valence-electron chi connectivity index (χ3n) is 5.48. The number of ether oxygens (including phenoxy) is 3. The average molecular weight is 479 g/mol. The molecule has 8 nitrogen and oxygen atoms in total. The number of benzene rings is 2. The normalized spacial score (nSPS) is 10.9. The van der Waals surface area contributed by atoms with Crippen LogP contribution in [0.5, 0.6) is 11.5 Å². The first-order chi connectivity index (χ1) is 16.9. The van der Waals surface area contributed by atoms with Gasteiger partial charge in [0.2, 0.25) is 0 Å². The average Bonchev–Trinajstić information content (AvgIpc) is 3.18. The number of esters is 1. The van der Waals surface area contributed by atoms with Crippen LogP contribution in [0.2, 0.25) is 0 Å². The van der Waals surface area contributed by atoms with Crippen LogP contribution in [0, 0.1) is 20.8 Å². The maximum Gasteiger partial charge on any atom is 0.331 e. The van der Waals surface area contributed by atoms with E-state index in [0.717, 1.165) is 11.3 Å². The molecule has 184 valence electrons. The van der Waals surface area contributed by atoms with Gasteiger partial charge in [0.05, 0.1) is 18.4 Å². The van der Waals surface area contributed by atoms with Gasteiger partial charge >= 0.3 is 5.97 Å². The molecular formula is C27H30N2O6. The van der Waals surface area contributed by atoms with Gasteiger partial charge < -0.3 is 24.1 Å². The van der Waals surface area contributed by atoms with Crippen molar-refractivity contribution in [2.24, 2.45) is 0 Å². The highest BCUT2D eigenvalue weighted by atomic mass is 16.5. The van der Waals surface area contributed by atoms with Crippen LogP contribution in [0.15, 0.2) is 53.1 Å². The van der Waals surface area contributed by atoms with Gasteiger partial charge in [0.15, 0.2) is 18.1 Å². The van der Waals surface area contributed by atoms with E-state index in [2.05, 4.69) is 10.5 Å². The van der Waals surface area contributed by atoms with Gasteiger partial charge in [0, 0.05) is 12.6 Å². The molecule has 0 saturated heterocycles. The number of hydrogen-bond donors (Lipinski definition) is 1. The third kappa shape index (κ3) is 7.46. The van der Waals surface area contributed by atoms with Crippen molar-refractivity contribution in [3.8, 4) is 11.5 Å². The molecule has 0 atom stereocenters. The van der Waals surface area contributed by atoms with E-state index in [4.69, 9.17) is 18.7 Å². The monoisotopic (exact) mass is 478 g/mol. The molecule has 1 N–H and O–H groups in total. The molecule has 1 heterocycles. The lowest BCUT2D eigenvalue weighted by molar-refractivity contribution is -0.143. The Hall–Kier alpha value is -4.07. The predicted molar refractivity (Wildman–Crippen MR) is 131 cm³/mol. The summed E-state index contributed by atoms with van der Waals surface area (Å²) in [4.78, 5) is 24.0. The number of carbonyl (C=O) groups is 2. The Morgan fingerprint density at radius 1 is 1.09 bits per heavy atom. The molecule has 2 aromatic carbocycles. The molecule has 3 rings (SSSR count). The fourth-order valence-electron chi connectivity index (χ4n) is 3.39. The summed E-state index contributed by atoms with van der Waals surface area (Å²) < 4.78 is 21.5. The molecule has 1 amide bonds. The van der Waals surface area contributed by atoms with Crippen molar-refractivity contribution < 1.29 is 28.3 Å². The molecule has 1 aromatic heterocycles. The Morgan fingerprint density at radius 2 is 1.89 bits per heavy atom. The van der Waals surface area contributed by atoms with E-state index in [0.29, 0.717) is 42.4 Å². The van der Waals surface area contributed by atoms with Crippen LogP contribution >= 0.6 is 0 Å². The van der Waals surface area contributed by atoms with Gasteiger partial charge in [-0.05, 0) is 62.1 Å². The lowest BCUT2D eigenvalue weighted by atomic mass is 10.1. The van der Waals surface area contributed by atoms with Crippen molar-refractivity contribution in [2.75, 3.05) is 20.3 Å². The van der Waals surface area contributed by atoms with Gasteiger partial charge in [-0.2, -0.15) is 0 Å². The Labute approximate surface area is 204 Å². The summed E-state index contributed by atoms with van der Waals surface area (Å²) in [6.45, 7) is 6.15. The largest absolute Gasteiger partial charge is 0.493 e. The van der Waals surface area contributed by atoms with Crippen molar-refractivity contribution in [2.45, 2.75) is 33.8 Å². The van der Waals surface area contributed by atoms with Crippen molar-refractivity contribution in [1.82, 2.24) is 10.5 Å². The molecule has 8 heteroatoms. The highest BCUT2D eigenvalue weighted by Crippen LogP contribution is 2.30. The van der Waals surface area contributed by atoms with Crippen molar-refractivity contribution in [3.63, 3.8) is 0 Å². The van der Waals surface area contributed by atoms with Gasteiger partial charge in [0.1, 0.15) is 12.4 Å². The highest BCUT2D eigenvalue weighted by Gasteiger charge is 2.12. The Balaban J connectivity index is 1.45. The molecule has 0 bridgehead atoms. The Kier molecular flexibility index (Phi) is 9.06. The van der Waals surface area contributed by atoms with Gasteiger partial charge in [-0.1, -0.05) is 35.5 Å². The number of rotatable bonds is 11.